The van der Waals surface area contributed by atoms with Crippen LogP contribution in [0.1, 0.15) is 39.5 Å². The summed E-state index contributed by atoms with van der Waals surface area (Å²) in [6, 6.07) is 0. The van der Waals surface area contributed by atoms with Gasteiger partial charge in [0.2, 0.25) is 5.91 Å². The Morgan fingerprint density at radius 1 is 1.42 bits per heavy atom. The molecule has 1 saturated carbocycles. The van der Waals surface area contributed by atoms with E-state index >= 15 is 0 Å². The first-order valence-electron chi connectivity index (χ1n) is 4.93. The van der Waals surface area contributed by atoms with E-state index < -0.39 is 0 Å². The van der Waals surface area contributed by atoms with E-state index in [-0.39, 0.29) is 11.3 Å². The van der Waals surface area contributed by atoms with Gasteiger partial charge in [-0.2, -0.15) is 0 Å². The molecule has 1 N–H and O–H groups in total. The van der Waals surface area contributed by atoms with Gasteiger partial charge in [-0.1, -0.05) is 26.7 Å². The first-order chi connectivity index (χ1) is 5.71. The molecule has 0 unspecified atom stereocenters. The Morgan fingerprint density at radius 2 is 1.92 bits per heavy atom. The molecule has 1 fully saturated rings. The molecule has 0 atom stereocenters. The number of carbonyl (C=O) groups excluding carboxylic acids is 1. The van der Waals surface area contributed by atoms with Crippen LogP contribution in [0.5, 0.6) is 0 Å². The minimum atomic E-state index is 0.0260. The van der Waals surface area contributed by atoms with Gasteiger partial charge in [0.15, 0.2) is 0 Å². The molecule has 0 radical (unpaired) electrons. The number of carbonyl (C=O) groups is 1. The molecule has 12 heavy (non-hydrogen) atoms. The normalized spacial score (nSPS) is 19.3. The average molecular weight is 169 g/mol. The molecule has 0 aromatic heterocycles. The summed E-state index contributed by atoms with van der Waals surface area (Å²) in [7, 11) is 1.74. The molecular formula is C10H19NO. The second kappa shape index (κ2) is 3.46. The number of nitrogens with one attached hydrogen (secondary N) is 1. The average Bonchev–Trinajstić information content (AvgIpc) is 2.87. The van der Waals surface area contributed by atoms with Crippen LogP contribution in [0.3, 0.4) is 0 Å². The Bertz CT molecular complexity index is 169. The fourth-order valence-electron chi connectivity index (χ4n) is 2.27. The predicted molar refractivity (Wildman–Crippen MR) is 49.8 cm³/mol. The molecule has 0 spiro atoms. The molecule has 0 aromatic rings. The number of hydrogen-bond acceptors (Lipinski definition) is 1. The van der Waals surface area contributed by atoms with E-state index in [4.69, 9.17) is 0 Å². The van der Waals surface area contributed by atoms with E-state index in [1.54, 1.807) is 7.05 Å². The van der Waals surface area contributed by atoms with E-state index in [2.05, 4.69) is 19.2 Å². The molecule has 70 valence electrons. The van der Waals surface area contributed by atoms with Crippen molar-refractivity contribution in [3.63, 3.8) is 0 Å². The van der Waals surface area contributed by atoms with Crippen LogP contribution in [0.4, 0.5) is 0 Å². The molecule has 0 aromatic carbocycles. The molecule has 2 heteroatoms. The third-order valence-electron chi connectivity index (χ3n) is 3.24. The largest absolute Gasteiger partial charge is 0.359 e. The fourth-order valence-corrected chi connectivity index (χ4v) is 2.27. The van der Waals surface area contributed by atoms with E-state index in [0.29, 0.717) is 5.92 Å². The van der Waals surface area contributed by atoms with Crippen LogP contribution in [0.15, 0.2) is 0 Å². The lowest BCUT2D eigenvalue weighted by Crippen LogP contribution is -2.34. The quantitative estimate of drug-likeness (QED) is 0.684. The SMILES string of the molecule is CCC(CC)C1(C(=O)NC)CC1. The highest BCUT2D eigenvalue weighted by atomic mass is 16.2. The van der Waals surface area contributed by atoms with Crippen LogP contribution < -0.4 is 5.32 Å². The van der Waals surface area contributed by atoms with Crippen molar-refractivity contribution < 1.29 is 4.79 Å². The zero-order valence-corrected chi connectivity index (χ0v) is 8.31. The van der Waals surface area contributed by atoms with Gasteiger partial charge in [0.1, 0.15) is 0 Å². The van der Waals surface area contributed by atoms with Crippen molar-refractivity contribution in [2.45, 2.75) is 39.5 Å². The van der Waals surface area contributed by atoms with Crippen molar-refractivity contribution in [2.24, 2.45) is 11.3 Å². The monoisotopic (exact) mass is 169 g/mol. The summed E-state index contributed by atoms with van der Waals surface area (Å²) in [6.07, 6.45) is 4.45. The van der Waals surface area contributed by atoms with Gasteiger partial charge in [-0.3, -0.25) is 4.79 Å². The molecule has 0 saturated heterocycles. The number of hydrogen-bond donors (Lipinski definition) is 1. The van der Waals surface area contributed by atoms with Gasteiger partial charge in [0.25, 0.3) is 0 Å². The molecule has 1 aliphatic carbocycles. The van der Waals surface area contributed by atoms with Crippen LogP contribution in [0.25, 0.3) is 0 Å². The second-order valence-corrected chi connectivity index (χ2v) is 3.75. The lowest BCUT2D eigenvalue weighted by Gasteiger charge is -2.22. The molecule has 0 aliphatic heterocycles. The van der Waals surface area contributed by atoms with Gasteiger partial charge in [0.05, 0.1) is 5.41 Å². The highest BCUT2D eigenvalue weighted by Crippen LogP contribution is 2.54. The van der Waals surface area contributed by atoms with E-state index in [9.17, 15) is 4.79 Å². The summed E-state index contributed by atoms with van der Waals surface area (Å²) >= 11 is 0. The zero-order valence-electron chi connectivity index (χ0n) is 8.31. The zero-order chi connectivity index (χ0) is 9.19. The Balaban J connectivity index is 2.64. The van der Waals surface area contributed by atoms with Crippen LogP contribution in [-0.4, -0.2) is 13.0 Å². The lowest BCUT2D eigenvalue weighted by atomic mass is 9.84. The maximum absolute atomic E-state index is 11.5. The van der Waals surface area contributed by atoms with Crippen molar-refractivity contribution in [1.29, 1.82) is 0 Å². The Hall–Kier alpha value is -0.530. The Labute approximate surface area is 74.7 Å². The smallest absolute Gasteiger partial charge is 0.226 e. The minimum absolute atomic E-state index is 0.0260. The maximum atomic E-state index is 11.5. The van der Waals surface area contributed by atoms with Gasteiger partial charge in [-0.15, -0.1) is 0 Å². The Morgan fingerprint density at radius 3 is 2.17 bits per heavy atom. The van der Waals surface area contributed by atoms with Crippen molar-refractivity contribution in [3.05, 3.63) is 0 Å². The van der Waals surface area contributed by atoms with Gasteiger partial charge in [-0.25, -0.2) is 0 Å². The van der Waals surface area contributed by atoms with Crippen molar-refractivity contribution >= 4 is 5.91 Å². The highest BCUT2D eigenvalue weighted by Gasteiger charge is 2.53. The number of rotatable bonds is 4. The standard InChI is InChI=1S/C10H19NO/c1-4-8(5-2)10(6-7-10)9(12)11-3/h8H,4-7H2,1-3H3,(H,11,12). The topological polar surface area (TPSA) is 29.1 Å². The van der Waals surface area contributed by atoms with Gasteiger partial charge in [-0.05, 0) is 18.8 Å². The van der Waals surface area contributed by atoms with E-state index in [1.807, 2.05) is 0 Å². The van der Waals surface area contributed by atoms with Crippen LogP contribution in [0.2, 0.25) is 0 Å². The van der Waals surface area contributed by atoms with Crippen LogP contribution in [0, 0.1) is 11.3 Å². The van der Waals surface area contributed by atoms with Gasteiger partial charge in [0, 0.05) is 7.05 Å². The molecule has 2 nitrogen and oxygen atoms in total. The molecular weight excluding hydrogens is 150 g/mol. The minimum Gasteiger partial charge on any atom is -0.359 e. The highest BCUT2D eigenvalue weighted by molar-refractivity contribution is 5.85. The van der Waals surface area contributed by atoms with Crippen LogP contribution in [-0.2, 0) is 4.79 Å². The summed E-state index contributed by atoms with van der Waals surface area (Å²) < 4.78 is 0. The van der Waals surface area contributed by atoms with E-state index in [1.165, 1.54) is 0 Å². The summed E-state index contributed by atoms with van der Waals surface area (Å²) in [4.78, 5) is 11.5. The fraction of sp³-hybridized carbons (Fsp3) is 0.900. The first-order valence-corrected chi connectivity index (χ1v) is 4.93. The Kier molecular flexibility index (Phi) is 2.76. The predicted octanol–water partition coefficient (Wildman–Crippen LogP) is 1.95. The molecule has 0 heterocycles. The summed E-state index contributed by atoms with van der Waals surface area (Å²) in [5.74, 6) is 0.855. The number of amides is 1. The van der Waals surface area contributed by atoms with Crippen molar-refractivity contribution in [2.75, 3.05) is 7.05 Å². The lowest BCUT2D eigenvalue weighted by molar-refractivity contribution is -0.128. The van der Waals surface area contributed by atoms with Gasteiger partial charge >= 0.3 is 0 Å². The molecule has 1 amide bonds. The van der Waals surface area contributed by atoms with Crippen molar-refractivity contribution in [3.8, 4) is 0 Å². The van der Waals surface area contributed by atoms with Crippen LogP contribution >= 0.6 is 0 Å². The third-order valence-corrected chi connectivity index (χ3v) is 3.24. The maximum Gasteiger partial charge on any atom is 0.226 e. The van der Waals surface area contributed by atoms with E-state index in [0.717, 1.165) is 25.7 Å². The van der Waals surface area contributed by atoms with Crippen molar-refractivity contribution in [1.82, 2.24) is 5.32 Å². The molecule has 0 bridgehead atoms. The third kappa shape index (κ3) is 1.35. The second-order valence-electron chi connectivity index (χ2n) is 3.75. The molecule has 1 aliphatic rings. The summed E-state index contributed by atoms with van der Waals surface area (Å²) in [5.41, 5.74) is 0.0260. The molecule has 1 rings (SSSR count). The van der Waals surface area contributed by atoms with Gasteiger partial charge < -0.3 is 5.32 Å². The first kappa shape index (κ1) is 9.56. The summed E-state index contributed by atoms with van der Waals surface area (Å²) in [5, 5.41) is 2.78. The summed E-state index contributed by atoms with van der Waals surface area (Å²) in [6.45, 7) is 4.36.